The molecule has 0 radical (unpaired) electrons. The first-order valence-corrected chi connectivity index (χ1v) is 7.70. The van der Waals surface area contributed by atoms with Crippen LogP contribution in [0, 0.1) is 5.82 Å². The van der Waals surface area contributed by atoms with E-state index in [2.05, 4.69) is 10.1 Å². The van der Waals surface area contributed by atoms with Gasteiger partial charge in [0.05, 0.1) is 18.3 Å². The zero-order valence-corrected chi connectivity index (χ0v) is 12.2. The molecule has 114 valence electrons. The Hall–Kier alpha value is -2.14. The van der Waals surface area contributed by atoms with Gasteiger partial charge in [-0.05, 0) is 43.9 Å². The number of aromatic amines is 1. The number of nitrogens with one attached hydrogen (secondary N) is 1. The van der Waals surface area contributed by atoms with Crippen LogP contribution in [-0.2, 0) is 0 Å². The van der Waals surface area contributed by atoms with Gasteiger partial charge in [0, 0.05) is 34.4 Å². The van der Waals surface area contributed by atoms with Crippen molar-refractivity contribution < 1.29 is 9.50 Å². The summed E-state index contributed by atoms with van der Waals surface area (Å²) in [6, 6.07) is 5.14. The lowest BCUT2D eigenvalue weighted by Gasteiger charge is -2.25. The molecular formula is C17H18FN3O. The Morgan fingerprint density at radius 2 is 2.05 bits per heavy atom. The minimum absolute atomic E-state index is 0.158. The van der Waals surface area contributed by atoms with Gasteiger partial charge in [-0.15, -0.1) is 0 Å². The van der Waals surface area contributed by atoms with Crippen molar-refractivity contribution >= 4 is 10.9 Å². The molecule has 2 heterocycles. The number of nitrogens with zero attached hydrogens (tertiary/aromatic N) is 2. The van der Waals surface area contributed by atoms with Crippen molar-refractivity contribution in [2.24, 2.45) is 0 Å². The molecule has 22 heavy (non-hydrogen) atoms. The molecule has 0 saturated heterocycles. The number of hydrogen-bond donors (Lipinski definition) is 2. The third-order valence-electron chi connectivity index (χ3n) is 4.60. The number of aliphatic hydroxyl groups is 1. The van der Waals surface area contributed by atoms with E-state index in [1.54, 1.807) is 6.07 Å². The van der Waals surface area contributed by atoms with Crippen molar-refractivity contribution in [2.75, 3.05) is 0 Å². The molecule has 0 unspecified atom stereocenters. The van der Waals surface area contributed by atoms with Crippen molar-refractivity contribution in [2.45, 2.75) is 37.8 Å². The number of fused-ring (bicyclic) bond motifs is 1. The molecular weight excluding hydrogens is 281 g/mol. The van der Waals surface area contributed by atoms with Crippen molar-refractivity contribution in [3.05, 3.63) is 42.6 Å². The average molecular weight is 299 g/mol. The molecule has 2 aromatic heterocycles. The highest BCUT2D eigenvalue weighted by Gasteiger charge is 2.21. The van der Waals surface area contributed by atoms with Gasteiger partial charge >= 0.3 is 0 Å². The number of hydrogen-bond acceptors (Lipinski definition) is 2. The second-order valence-electron chi connectivity index (χ2n) is 6.06. The predicted molar refractivity (Wildman–Crippen MR) is 83.0 cm³/mol. The van der Waals surface area contributed by atoms with Gasteiger partial charge in [-0.1, -0.05) is 0 Å². The maximum Gasteiger partial charge on any atom is 0.125 e. The number of H-pyrrole nitrogens is 1. The van der Waals surface area contributed by atoms with Crippen LogP contribution in [-0.4, -0.2) is 26.0 Å². The van der Waals surface area contributed by atoms with Gasteiger partial charge in [0.15, 0.2) is 0 Å². The summed E-state index contributed by atoms with van der Waals surface area (Å²) in [4.78, 5) is 3.11. The second-order valence-corrected chi connectivity index (χ2v) is 6.06. The van der Waals surface area contributed by atoms with Crippen LogP contribution in [0.25, 0.3) is 22.0 Å². The number of halogens is 1. The molecule has 2 N–H and O–H groups in total. The van der Waals surface area contributed by atoms with E-state index in [4.69, 9.17) is 0 Å². The zero-order chi connectivity index (χ0) is 15.1. The van der Waals surface area contributed by atoms with Crippen LogP contribution in [0.2, 0.25) is 0 Å². The number of aliphatic hydroxyl groups excluding tert-OH is 1. The molecule has 1 fully saturated rings. The van der Waals surface area contributed by atoms with Crippen molar-refractivity contribution in [3.63, 3.8) is 0 Å². The van der Waals surface area contributed by atoms with E-state index < -0.39 is 0 Å². The largest absolute Gasteiger partial charge is 0.393 e. The average Bonchev–Trinajstić information content (AvgIpc) is 3.13. The minimum atomic E-state index is -0.239. The molecule has 1 aromatic carbocycles. The Morgan fingerprint density at radius 3 is 2.86 bits per heavy atom. The summed E-state index contributed by atoms with van der Waals surface area (Å²) < 4.78 is 15.3. The van der Waals surface area contributed by atoms with Gasteiger partial charge in [0.1, 0.15) is 5.82 Å². The molecule has 0 amide bonds. The fraction of sp³-hybridized carbons (Fsp3) is 0.353. The molecule has 0 atom stereocenters. The van der Waals surface area contributed by atoms with Crippen molar-refractivity contribution in [1.29, 1.82) is 0 Å². The summed E-state index contributed by atoms with van der Waals surface area (Å²) in [5.41, 5.74) is 2.87. The lowest BCUT2D eigenvalue weighted by atomic mass is 9.93. The monoisotopic (exact) mass is 299 g/mol. The van der Waals surface area contributed by atoms with Gasteiger partial charge in [-0.3, -0.25) is 4.68 Å². The van der Waals surface area contributed by atoms with Crippen LogP contribution in [0.15, 0.2) is 36.8 Å². The van der Waals surface area contributed by atoms with Crippen LogP contribution < -0.4 is 0 Å². The van der Waals surface area contributed by atoms with E-state index in [9.17, 15) is 9.50 Å². The van der Waals surface area contributed by atoms with Crippen molar-refractivity contribution in [1.82, 2.24) is 14.8 Å². The Kier molecular flexibility index (Phi) is 3.22. The highest BCUT2D eigenvalue weighted by molar-refractivity contribution is 5.95. The minimum Gasteiger partial charge on any atom is -0.393 e. The van der Waals surface area contributed by atoms with Crippen LogP contribution in [0.4, 0.5) is 4.39 Å². The van der Waals surface area contributed by atoms with E-state index in [1.165, 1.54) is 12.1 Å². The molecule has 0 bridgehead atoms. The van der Waals surface area contributed by atoms with Gasteiger partial charge < -0.3 is 10.1 Å². The molecule has 4 rings (SSSR count). The molecule has 1 aliphatic rings. The molecule has 5 heteroatoms. The molecule has 0 aliphatic heterocycles. The Bertz CT molecular complexity index is 799. The lowest BCUT2D eigenvalue weighted by Crippen LogP contribution is -2.21. The first-order valence-electron chi connectivity index (χ1n) is 7.70. The molecule has 1 aliphatic carbocycles. The van der Waals surface area contributed by atoms with Gasteiger partial charge in [0.25, 0.3) is 0 Å². The summed E-state index contributed by atoms with van der Waals surface area (Å²) in [6.45, 7) is 0. The molecule has 0 spiro atoms. The van der Waals surface area contributed by atoms with E-state index in [1.807, 2.05) is 23.3 Å². The topological polar surface area (TPSA) is 53.8 Å². The number of aromatic nitrogens is 3. The predicted octanol–water partition coefficient (Wildman–Crippen LogP) is 3.65. The maximum atomic E-state index is 13.3. The summed E-state index contributed by atoms with van der Waals surface area (Å²) in [5.74, 6) is -0.239. The Balaban J connectivity index is 1.65. The SMILES string of the molecule is O[C@H]1CC[C@@H](n2cc(-c3c[nH]c4cc(F)ccc34)cn2)CC1. The summed E-state index contributed by atoms with van der Waals surface area (Å²) in [7, 11) is 0. The normalized spacial score (nSPS) is 22.3. The smallest absolute Gasteiger partial charge is 0.125 e. The molecule has 4 nitrogen and oxygen atoms in total. The summed E-state index contributed by atoms with van der Waals surface area (Å²) >= 11 is 0. The highest BCUT2D eigenvalue weighted by atomic mass is 19.1. The van der Waals surface area contributed by atoms with Crippen molar-refractivity contribution in [3.8, 4) is 11.1 Å². The second kappa shape index (κ2) is 5.25. The van der Waals surface area contributed by atoms with E-state index >= 15 is 0 Å². The molecule has 3 aromatic rings. The first kappa shape index (κ1) is 13.5. The first-order chi connectivity index (χ1) is 10.7. The van der Waals surface area contributed by atoms with Crippen LogP contribution in [0.3, 0.4) is 0 Å². The van der Waals surface area contributed by atoms with Crippen LogP contribution in [0.5, 0.6) is 0 Å². The standard InChI is InChI=1S/C17H18FN3O/c18-12-1-6-15-16(9-19-17(15)7-12)11-8-20-21(10-11)13-2-4-14(22)5-3-13/h1,6-10,13-14,19,22H,2-5H2/t13-,14+. The van der Waals surface area contributed by atoms with E-state index in [0.717, 1.165) is 47.7 Å². The maximum absolute atomic E-state index is 13.3. The van der Waals surface area contributed by atoms with Gasteiger partial charge in [0.2, 0.25) is 0 Å². The third-order valence-corrected chi connectivity index (χ3v) is 4.60. The molecule has 1 saturated carbocycles. The van der Waals surface area contributed by atoms with Crippen LogP contribution >= 0.6 is 0 Å². The highest BCUT2D eigenvalue weighted by Crippen LogP contribution is 2.32. The fourth-order valence-corrected chi connectivity index (χ4v) is 3.34. The summed E-state index contributed by atoms with van der Waals surface area (Å²) in [6.07, 6.45) is 9.25. The van der Waals surface area contributed by atoms with E-state index in [-0.39, 0.29) is 11.9 Å². The zero-order valence-electron chi connectivity index (χ0n) is 12.2. The fourth-order valence-electron chi connectivity index (χ4n) is 3.34. The number of rotatable bonds is 2. The Labute approximate surface area is 127 Å². The number of benzene rings is 1. The van der Waals surface area contributed by atoms with Gasteiger partial charge in [-0.2, -0.15) is 5.10 Å². The Morgan fingerprint density at radius 1 is 1.23 bits per heavy atom. The third kappa shape index (κ3) is 2.31. The van der Waals surface area contributed by atoms with Gasteiger partial charge in [-0.25, -0.2) is 4.39 Å². The van der Waals surface area contributed by atoms with E-state index in [0.29, 0.717) is 6.04 Å². The lowest BCUT2D eigenvalue weighted by molar-refractivity contribution is 0.108. The quantitative estimate of drug-likeness (QED) is 0.759. The van der Waals surface area contributed by atoms with Crippen LogP contribution in [0.1, 0.15) is 31.7 Å². The summed E-state index contributed by atoms with van der Waals surface area (Å²) in [5, 5.41) is 15.1.